The summed E-state index contributed by atoms with van der Waals surface area (Å²) in [6.45, 7) is 0.156. The normalized spacial score (nSPS) is 16.9. The van der Waals surface area contributed by atoms with Crippen LogP contribution in [0.1, 0.15) is 49.1 Å². The number of carboxylic acid groups (broad SMARTS) is 1. The van der Waals surface area contributed by atoms with E-state index >= 15 is 0 Å². The molecule has 8 heteroatoms. The van der Waals surface area contributed by atoms with E-state index in [1.54, 1.807) is 0 Å². The van der Waals surface area contributed by atoms with Gasteiger partial charge in [0.1, 0.15) is 18.2 Å². The fraction of sp³-hybridized carbons (Fsp3) is 0.423. The standard InChI is InChI=1S/C26H30N2O5S/c1-34-15-12-22(23(29)30)27-24(31)26(13-6-7-14-26)28-25(32)33-16-21-19-10-4-2-8-17(19)18-9-3-5-11-20(18)21/h2-5,8-11,21-22H,6-7,12-16H2,1H3,(H,27,31)(H,28,32)(H,29,30)/t22-/m0/s1. The van der Waals surface area contributed by atoms with Crippen LogP contribution in [0.25, 0.3) is 11.1 Å². The average Bonchev–Trinajstić information content (AvgIpc) is 3.43. The molecule has 4 rings (SSSR count). The van der Waals surface area contributed by atoms with Gasteiger partial charge < -0.3 is 20.5 Å². The second kappa shape index (κ2) is 10.5. The van der Waals surface area contributed by atoms with Crippen LogP contribution in [0.4, 0.5) is 4.79 Å². The lowest BCUT2D eigenvalue weighted by Crippen LogP contribution is -2.60. The summed E-state index contributed by atoms with van der Waals surface area (Å²) < 4.78 is 5.64. The third kappa shape index (κ3) is 4.92. The highest BCUT2D eigenvalue weighted by Gasteiger charge is 2.44. The van der Waals surface area contributed by atoms with Crippen molar-refractivity contribution in [2.45, 2.75) is 49.6 Å². The van der Waals surface area contributed by atoms with E-state index in [0.29, 0.717) is 25.0 Å². The maximum absolute atomic E-state index is 13.1. The van der Waals surface area contributed by atoms with Crippen molar-refractivity contribution in [2.75, 3.05) is 18.6 Å². The molecule has 2 aromatic rings. The molecule has 0 radical (unpaired) electrons. The molecule has 34 heavy (non-hydrogen) atoms. The number of alkyl carbamates (subject to hydrolysis) is 1. The fourth-order valence-corrected chi connectivity index (χ4v) is 5.48. The molecule has 2 aromatic carbocycles. The molecule has 2 aliphatic carbocycles. The van der Waals surface area contributed by atoms with Crippen LogP contribution in [0.2, 0.25) is 0 Å². The molecule has 180 valence electrons. The molecule has 0 heterocycles. The lowest BCUT2D eigenvalue weighted by molar-refractivity contribution is -0.143. The molecule has 0 saturated heterocycles. The van der Waals surface area contributed by atoms with E-state index in [2.05, 4.69) is 22.8 Å². The van der Waals surface area contributed by atoms with Crippen molar-refractivity contribution in [1.29, 1.82) is 0 Å². The van der Waals surface area contributed by atoms with Gasteiger partial charge in [0.15, 0.2) is 0 Å². The summed E-state index contributed by atoms with van der Waals surface area (Å²) in [5.74, 6) is -0.984. The fourth-order valence-electron chi connectivity index (χ4n) is 5.01. The third-order valence-electron chi connectivity index (χ3n) is 6.79. The zero-order valence-electron chi connectivity index (χ0n) is 19.2. The summed E-state index contributed by atoms with van der Waals surface area (Å²) in [7, 11) is 0. The topological polar surface area (TPSA) is 105 Å². The number of benzene rings is 2. The lowest BCUT2D eigenvalue weighted by atomic mass is 9.95. The Bertz CT molecular complexity index is 1020. The van der Waals surface area contributed by atoms with E-state index < -0.39 is 29.6 Å². The number of carboxylic acids is 1. The number of carbonyl (C=O) groups excluding carboxylic acids is 2. The molecular formula is C26H30N2O5S. The van der Waals surface area contributed by atoms with Gasteiger partial charge in [0, 0.05) is 5.92 Å². The van der Waals surface area contributed by atoms with Gasteiger partial charge in [-0.25, -0.2) is 9.59 Å². The Morgan fingerprint density at radius 1 is 1.06 bits per heavy atom. The molecule has 0 aliphatic heterocycles. The molecule has 0 aromatic heterocycles. The van der Waals surface area contributed by atoms with Crippen molar-refractivity contribution < 1.29 is 24.2 Å². The van der Waals surface area contributed by atoms with Crippen LogP contribution in [-0.4, -0.2) is 53.3 Å². The molecule has 0 unspecified atom stereocenters. The second-order valence-electron chi connectivity index (χ2n) is 8.89. The average molecular weight is 483 g/mol. The molecule has 1 fully saturated rings. The first-order chi connectivity index (χ1) is 16.4. The molecule has 2 aliphatic rings. The number of hydrogen-bond donors (Lipinski definition) is 3. The summed E-state index contributed by atoms with van der Waals surface area (Å²) in [5, 5.41) is 14.9. The first kappa shape index (κ1) is 24.1. The Kier molecular flexibility index (Phi) is 7.46. The van der Waals surface area contributed by atoms with E-state index in [-0.39, 0.29) is 12.5 Å². The molecule has 3 N–H and O–H groups in total. The number of carbonyl (C=O) groups is 3. The van der Waals surface area contributed by atoms with Gasteiger partial charge in [0.25, 0.3) is 0 Å². The number of rotatable bonds is 9. The molecule has 7 nitrogen and oxygen atoms in total. The molecule has 2 amide bonds. The summed E-state index contributed by atoms with van der Waals surface area (Å²) in [6.07, 6.45) is 4.02. The zero-order valence-corrected chi connectivity index (χ0v) is 20.0. The van der Waals surface area contributed by atoms with Gasteiger partial charge in [0.05, 0.1) is 0 Å². The van der Waals surface area contributed by atoms with Crippen LogP contribution in [0.3, 0.4) is 0 Å². The molecule has 0 spiro atoms. The maximum Gasteiger partial charge on any atom is 0.408 e. The van der Waals surface area contributed by atoms with Crippen molar-refractivity contribution in [3.63, 3.8) is 0 Å². The molecule has 1 atom stereocenters. The summed E-state index contributed by atoms with van der Waals surface area (Å²) >= 11 is 1.52. The van der Waals surface area contributed by atoms with Gasteiger partial charge in [0.2, 0.25) is 5.91 Å². The van der Waals surface area contributed by atoms with Crippen molar-refractivity contribution in [3.05, 3.63) is 59.7 Å². The smallest absolute Gasteiger partial charge is 0.408 e. The molecule has 0 bridgehead atoms. The van der Waals surface area contributed by atoms with Gasteiger partial charge in [-0.2, -0.15) is 11.8 Å². The van der Waals surface area contributed by atoms with E-state index in [9.17, 15) is 19.5 Å². The summed E-state index contributed by atoms with van der Waals surface area (Å²) in [5.41, 5.74) is 3.37. The molecule has 1 saturated carbocycles. The van der Waals surface area contributed by atoms with Crippen molar-refractivity contribution in [1.82, 2.24) is 10.6 Å². The van der Waals surface area contributed by atoms with Crippen LogP contribution >= 0.6 is 11.8 Å². The zero-order chi connectivity index (χ0) is 24.1. The number of aliphatic carboxylic acids is 1. The predicted molar refractivity (Wildman–Crippen MR) is 132 cm³/mol. The van der Waals surface area contributed by atoms with Crippen LogP contribution in [0, 0.1) is 0 Å². The largest absolute Gasteiger partial charge is 0.480 e. The Balaban J connectivity index is 1.43. The highest BCUT2D eigenvalue weighted by Crippen LogP contribution is 2.44. The number of thioether (sulfide) groups is 1. The van der Waals surface area contributed by atoms with Crippen LogP contribution in [0.15, 0.2) is 48.5 Å². The number of amides is 2. The van der Waals surface area contributed by atoms with E-state index in [4.69, 9.17) is 4.74 Å². The number of fused-ring (bicyclic) bond motifs is 3. The van der Waals surface area contributed by atoms with Gasteiger partial charge in [-0.15, -0.1) is 0 Å². The Labute approximate surface area is 203 Å². The highest BCUT2D eigenvalue weighted by molar-refractivity contribution is 7.98. The number of hydrogen-bond acceptors (Lipinski definition) is 5. The summed E-state index contributed by atoms with van der Waals surface area (Å²) in [4.78, 5) is 37.6. The minimum Gasteiger partial charge on any atom is -0.480 e. The third-order valence-corrected chi connectivity index (χ3v) is 7.43. The lowest BCUT2D eigenvalue weighted by Gasteiger charge is -2.30. The van der Waals surface area contributed by atoms with Crippen LogP contribution in [0.5, 0.6) is 0 Å². The highest BCUT2D eigenvalue weighted by atomic mass is 32.2. The van der Waals surface area contributed by atoms with Gasteiger partial charge in [-0.05, 0) is 53.5 Å². The van der Waals surface area contributed by atoms with Gasteiger partial charge in [-0.3, -0.25) is 4.79 Å². The van der Waals surface area contributed by atoms with Crippen molar-refractivity contribution in [2.24, 2.45) is 0 Å². The number of ether oxygens (including phenoxy) is 1. The van der Waals surface area contributed by atoms with Gasteiger partial charge in [-0.1, -0.05) is 61.4 Å². The van der Waals surface area contributed by atoms with E-state index in [1.165, 1.54) is 11.8 Å². The molecular weight excluding hydrogens is 452 g/mol. The first-order valence-electron chi connectivity index (χ1n) is 11.6. The predicted octanol–water partition coefficient (Wildman–Crippen LogP) is 4.16. The van der Waals surface area contributed by atoms with Crippen LogP contribution in [-0.2, 0) is 14.3 Å². The van der Waals surface area contributed by atoms with E-state index in [0.717, 1.165) is 35.1 Å². The second-order valence-corrected chi connectivity index (χ2v) is 9.87. The SMILES string of the molecule is CSCC[C@H](NC(=O)C1(NC(=O)OCC2c3ccccc3-c3ccccc32)CCCC1)C(=O)O. The summed E-state index contributed by atoms with van der Waals surface area (Å²) in [6, 6.07) is 15.2. The van der Waals surface area contributed by atoms with Crippen LogP contribution < -0.4 is 10.6 Å². The van der Waals surface area contributed by atoms with Crippen molar-refractivity contribution in [3.8, 4) is 11.1 Å². The number of nitrogens with one attached hydrogen (secondary N) is 2. The Hall–Kier alpha value is -3.00. The first-order valence-corrected chi connectivity index (χ1v) is 13.0. The van der Waals surface area contributed by atoms with Gasteiger partial charge >= 0.3 is 12.1 Å². The Morgan fingerprint density at radius 2 is 1.65 bits per heavy atom. The quantitative estimate of drug-likeness (QED) is 0.496. The maximum atomic E-state index is 13.1. The minimum absolute atomic E-state index is 0.0746. The van der Waals surface area contributed by atoms with E-state index in [1.807, 2.05) is 42.7 Å². The van der Waals surface area contributed by atoms with Crippen molar-refractivity contribution >= 4 is 29.7 Å². The minimum atomic E-state index is -1.14. The Morgan fingerprint density at radius 3 is 2.21 bits per heavy atom. The monoisotopic (exact) mass is 482 g/mol.